The molecule has 0 heterocycles. The Morgan fingerprint density at radius 2 is 2.08 bits per heavy atom. The summed E-state index contributed by atoms with van der Waals surface area (Å²) in [6.45, 7) is 3.56. The van der Waals surface area contributed by atoms with Crippen LogP contribution in [0.2, 0.25) is 0 Å². The first-order valence-electron chi connectivity index (χ1n) is 3.35. The molecule has 0 rings (SSSR count). The third kappa shape index (κ3) is 4.74. The Kier molecular flexibility index (Phi) is 3.77. The third-order valence-corrected chi connectivity index (χ3v) is 1.55. The van der Waals surface area contributed by atoms with Crippen LogP contribution >= 0.6 is 0 Å². The average molecular weight is 189 g/mol. The van der Waals surface area contributed by atoms with Gasteiger partial charge in [0, 0.05) is 0 Å². The van der Waals surface area contributed by atoms with Crippen LogP contribution < -0.4 is 0 Å². The molecule has 0 radical (unpaired) electrons. The maximum absolute atomic E-state index is 10.5. The van der Waals surface area contributed by atoms with E-state index in [2.05, 4.69) is 4.18 Å². The molecule has 0 saturated carbocycles. The second-order valence-electron chi connectivity index (χ2n) is 2.64. The van der Waals surface area contributed by atoms with E-state index < -0.39 is 10.1 Å². The minimum atomic E-state index is -3.49. The van der Waals surface area contributed by atoms with E-state index in [-0.39, 0.29) is 5.92 Å². The molecule has 0 amide bonds. The van der Waals surface area contributed by atoms with Crippen molar-refractivity contribution in [1.82, 2.24) is 0 Å². The molecular formula is C7H11NO3S. The Morgan fingerprint density at radius 3 is 2.33 bits per heavy atom. The zero-order chi connectivity index (χ0) is 9.78. The predicted octanol–water partition coefficient (Wildman–Crippen LogP) is 1.03. The monoisotopic (exact) mass is 189 g/mol. The van der Waals surface area contributed by atoms with E-state index in [1.54, 1.807) is 13.8 Å². The summed E-state index contributed by atoms with van der Waals surface area (Å²) >= 11 is 0. The number of hydrogen-bond acceptors (Lipinski definition) is 4. The maximum atomic E-state index is 10.5. The van der Waals surface area contributed by atoms with E-state index in [9.17, 15) is 8.42 Å². The van der Waals surface area contributed by atoms with E-state index in [4.69, 9.17) is 5.26 Å². The van der Waals surface area contributed by atoms with Crippen LogP contribution in [0.25, 0.3) is 0 Å². The van der Waals surface area contributed by atoms with Crippen molar-refractivity contribution in [1.29, 1.82) is 5.26 Å². The fraction of sp³-hybridized carbons (Fsp3) is 0.571. The van der Waals surface area contributed by atoms with Crippen molar-refractivity contribution in [3.63, 3.8) is 0 Å². The van der Waals surface area contributed by atoms with Crippen LogP contribution in [-0.2, 0) is 14.3 Å². The first-order valence-corrected chi connectivity index (χ1v) is 5.17. The Morgan fingerprint density at radius 1 is 1.58 bits per heavy atom. The first-order chi connectivity index (χ1) is 5.37. The van der Waals surface area contributed by atoms with E-state index in [0.29, 0.717) is 5.57 Å². The Bertz CT molecular complexity index is 308. The van der Waals surface area contributed by atoms with Gasteiger partial charge in [-0.05, 0) is 5.92 Å². The zero-order valence-corrected chi connectivity index (χ0v) is 8.05. The van der Waals surface area contributed by atoms with Crippen molar-refractivity contribution in [2.45, 2.75) is 13.8 Å². The van der Waals surface area contributed by atoms with Gasteiger partial charge in [0.15, 0.2) is 0 Å². The highest BCUT2D eigenvalue weighted by molar-refractivity contribution is 7.86. The molecule has 0 aromatic carbocycles. The summed E-state index contributed by atoms with van der Waals surface area (Å²) < 4.78 is 25.3. The minimum Gasteiger partial charge on any atom is -0.390 e. The molecule has 5 heteroatoms. The molecule has 0 aliphatic carbocycles. The molecule has 0 unspecified atom stereocenters. The van der Waals surface area contributed by atoms with Crippen LogP contribution in [0.15, 0.2) is 11.8 Å². The lowest BCUT2D eigenvalue weighted by molar-refractivity contribution is 0.443. The fourth-order valence-electron chi connectivity index (χ4n) is 0.431. The van der Waals surface area contributed by atoms with Gasteiger partial charge in [-0.2, -0.15) is 13.7 Å². The molecule has 0 aliphatic heterocycles. The molecule has 0 N–H and O–H groups in total. The summed E-state index contributed by atoms with van der Waals surface area (Å²) in [4.78, 5) is 0. The predicted molar refractivity (Wildman–Crippen MR) is 44.5 cm³/mol. The molecular weight excluding hydrogens is 178 g/mol. The van der Waals surface area contributed by atoms with Gasteiger partial charge in [-0.15, -0.1) is 0 Å². The Balaban J connectivity index is 4.47. The van der Waals surface area contributed by atoms with Crippen molar-refractivity contribution in [2.75, 3.05) is 6.26 Å². The standard InChI is InChI=1S/C7H11NO3S/c1-6(2)7(4-8)5-11-12(3,9)10/h5-6H,1-3H3. The van der Waals surface area contributed by atoms with Gasteiger partial charge in [0.2, 0.25) is 0 Å². The number of nitriles is 1. The summed E-state index contributed by atoms with van der Waals surface area (Å²) in [5.74, 6) is -0.0308. The molecule has 0 spiro atoms. The molecule has 68 valence electrons. The normalized spacial score (nSPS) is 12.8. The zero-order valence-electron chi connectivity index (χ0n) is 7.23. The van der Waals surface area contributed by atoms with Gasteiger partial charge in [-0.25, -0.2) is 0 Å². The Labute approximate surface area is 72.6 Å². The number of hydrogen-bond donors (Lipinski definition) is 0. The highest BCUT2D eigenvalue weighted by atomic mass is 32.2. The lowest BCUT2D eigenvalue weighted by Crippen LogP contribution is -1.99. The SMILES string of the molecule is CC(C)C(C#N)=COS(C)(=O)=O. The summed E-state index contributed by atoms with van der Waals surface area (Å²) in [7, 11) is -3.49. The summed E-state index contributed by atoms with van der Waals surface area (Å²) in [5.41, 5.74) is 0.306. The van der Waals surface area contributed by atoms with Crippen LogP contribution in [0, 0.1) is 17.2 Å². The van der Waals surface area contributed by atoms with Gasteiger partial charge in [0.05, 0.1) is 17.9 Å². The molecule has 0 atom stereocenters. The van der Waals surface area contributed by atoms with Crippen LogP contribution in [-0.4, -0.2) is 14.7 Å². The van der Waals surface area contributed by atoms with Crippen LogP contribution in [0.1, 0.15) is 13.8 Å². The van der Waals surface area contributed by atoms with Crippen molar-refractivity contribution in [3.8, 4) is 6.07 Å². The second kappa shape index (κ2) is 4.12. The van der Waals surface area contributed by atoms with Crippen LogP contribution in [0.3, 0.4) is 0 Å². The molecule has 0 fully saturated rings. The lowest BCUT2D eigenvalue weighted by Gasteiger charge is -2.01. The van der Waals surface area contributed by atoms with E-state index in [1.807, 2.05) is 6.07 Å². The number of rotatable bonds is 3. The molecule has 0 saturated heterocycles. The number of allylic oxidation sites excluding steroid dienone is 1. The minimum absolute atomic E-state index is 0.0308. The molecule has 12 heavy (non-hydrogen) atoms. The molecule has 0 bridgehead atoms. The van der Waals surface area contributed by atoms with Crippen molar-refractivity contribution in [3.05, 3.63) is 11.8 Å². The highest BCUT2D eigenvalue weighted by Crippen LogP contribution is 2.08. The summed E-state index contributed by atoms with van der Waals surface area (Å²) in [6.07, 6.45) is 1.90. The maximum Gasteiger partial charge on any atom is 0.305 e. The number of nitrogens with zero attached hydrogens (tertiary/aromatic N) is 1. The van der Waals surface area contributed by atoms with Gasteiger partial charge in [0.25, 0.3) is 0 Å². The molecule has 0 aromatic heterocycles. The van der Waals surface area contributed by atoms with E-state index in [1.165, 1.54) is 0 Å². The van der Waals surface area contributed by atoms with Crippen molar-refractivity contribution < 1.29 is 12.6 Å². The van der Waals surface area contributed by atoms with Crippen molar-refractivity contribution >= 4 is 10.1 Å². The van der Waals surface area contributed by atoms with E-state index >= 15 is 0 Å². The largest absolute Gasteiger partial charge is 0.390 e. The van der Waals surface area contributed by atoms with Gasteiger partial charge in [-0.1, -0.05) is 13.8 Å². The fourth-order valence-corrected chi connectivity index (χ4v) is 0.709. The van der Waals surface area contributed by atoms with Crippen LogP contribution in [0.4, 0.5) is 0 Å². The summed E-state index contributed by atoms with van der Waals surface area (Å²) in [5, 5.41) is 8.50. The molecule has 0 aromatic rings. The molecule has 4 nitrogen and oxygen atoms in total. The van der Waals surface area contributed by atoms with Gasteiger partial charge < -0.3 is 4.18 Å². The molecule has 0 aliphatic rings. The topological polar surface area (TPSA) is 67.2 Å². The van der Waals surface area contributed by atoms with E-state index in [0.717, 1.165) is 12.5 Å². The summed E-state index contributed by atoms with van der Waals surface area (Å²) in [6, 6.07) is 1.85. The van der Waals surface area contributed by atoms with Gasteiger partial charge in [0.1, 0.15) is 6.26 Å². The third-order valence-electron chi connectivity index (χ3n) is 1.10. The smallest absolute Gasteiger partial charge is 0.305 e. The van der Waals surface area contributed by atoms with Gasteiger partial charge >= 0.3 is 10.1 Å². The average Bonchev–Trinajstić information content (AvgIpc) is 1.85. The Hall–Kier alpha value is -1.02. The lowest BCUT2D eigenvalue weighted by atomic mass is 10.1. The van der Waals surface area contributed by atoms with Crippen LogP contribution in [0.5, 0.6) is 0 Å². The second-order valence-corrected chi connectivity index (χ2v) is 4.24. The first kappa shape index (κ1) is 11.0. The highest BCUT2D eigenvalue weighted by Gasteiger charge is 2.04. The van der Waals surface area contributed by atoms with Gasteiger partial charge in [-0.3, -0.25) is 0 Å². The quantitative estimate of drug-likeness (QED) is 0.377. The van der Waals surface area contributed by atoms with Crippen molar-refractivity contribution in [2.24, 2.45) is 5.92 Å².